The topological polar surface area (TPSA) is 63.4 Å². The van der Waals surface area contributed by atoms with Crippen molar-refractivity contribution in [3.8, 4) is 0 Å². The molecular weight excluding hydrogens is 242 g/mol. The van der Waals surface area contributed by atoms with Gasteiger partial charge in [0.05, 0.1) is 11.0 Å². The first-order valence-electron chi connectivity index (χ1n) is 6.99. The van der Waals surface area contributed by atoms with Gasteiger partial charge in [-0.1, -0.05) is 45.2 Å². The fourth-order valence-corrected chi connectivity index (χ4v) is 2.30. The number of aliphatic hydroxyl groups is 1. The van der Waals surface area contributed by atoms with Crippen molar-refractivity contribution in [1.82, 2.24) is 0 Å². The SMILES string of the molecule is CCCCC(CC)C(O)Cc1ccc([N+](=O)[O-])cc1. The average molecular weight is 265 g/mol. The molecular formula is C15H23NO3. The first kappa shape index (κ1) is 15.6. The third kappa shape index (κ3) is 4.99. The lowest BCUT2D eigenvalue weighted by molar-refractivity contribution is -0.384. The molecule has 1 aromatic rings. The lowest BCUT2D eigenvalue weighted by Crippen LogP contribution is -2.22. The molecule has 106 valence electrons. The van der Waals surface area contributed by atoms with Gasteiger partial charge in [0.2, 0.25) is 0 Å². The van der Waals surface area contributed by atoms with Crippen molar-refractivity contribution in [2.24, 2.45) is 5.92 Å². The highest BCUT2D eigenvalue weighted by atomic mass is 16.6. The number of rotatable bonds is 8. The quantitative estimate of drug-likeness (QED) is 0.575. The van der Waals surface area contributed by atoms with E-state index in [9.17, 15) is 15.2 Å². The number of benzene rings is 1. The Labute approximate surface area is 114 Å². The molecule has 0 aliphatic carbocycles. The molecule has 4 nitrogen and oxygen atoms in total. The minimum atomic E-state index is -0.406. The van der Waals surface area contributed by atoms with Crippen LogP contribution in [0.5, 0.6) is 0 Å². The number of nitrogens with zero attached hydrogens (tertiary/aromatic N) is 1. The van der Waals surface area contributed by atoms with Crippen molar-refractivity contribution in [2.75, 3.05) is 0 Å². The van der Waals surface area contributed by atoms with Crippen LogP contribution in [-0.4, -0.2) is 16.1 Å². The smallest absolute Gasteiger partial charge is 0.269 e. The molecule has 1 rings (SSSR count). The maximum absolute atomic E-state index is 10.6. The Morgan fingerprint density at radius 1 is 1.26 bits per heavy atom. The van der Waals surface area contributed by atoms with E-state index in [-0.39, 0.29) is 11.8 Å². The summed E-state index contributed by atoms with van der Waals surface area (Å²) in [5.41, 5.74) is 1.05. The van der Waals surface area contributed by atoms with Crippen LogP contribution in [-0.2, 0) is 6.42 Å². The Morgan fingerprint density at radius 2 is 1.89 bits per heavy atom. The van der Waals surface area contributed by atoms with E-state index in [0.29, 0.717) is 12.3 Å². The van der Waals surface area contributed by atoms with Crippen LogP contribution in [0.4, 0.5) is 5.69 Å². The molecule has 0 fully saturated rings. The summed E-state index contributed by atoms with van der Waals surface area (Å²) < 4.78 is 0. The number of unbranched alkanes of at least 4 members (excludes halogenated alkanes) is 1. The lowest BCUT2D eigenvalue weighted by atomic mass is 9.89. The molecule has 1 aromatic carbocycles. The monoisotopic (exact) mass is 265 g/mol. The van der Waals surface area contributed by atoms with Gasteiger partial charge >= 0.3 is 0 Å². The predicted octanol–water partition coefficient (Wildman–Crippen LogP) is 3.71. The number of nitro benzene ring substituents is 1. The molecule has 2 unspecified atom stereocenters. The van der Waals surface area contributed by atoms with Gasteiger partial charge in [0.15, 0.2) is 0 Å². The van der Waals surface area contributed by atoms with Gasteiger partial charge in [-0.25, -0.2) is 0 Å². The highest BCUT2D eigenvalue weighted by Gasteiger charge is 2.17. The number of hydrogen-bond donors (Lipinski definition) is 1. The van der Waals surface area contributed by atoms with E-state index in [1.807, 2.05) is 0 Å². The van der Waals surface area contributed by atoms with Gasteiger partial charge in [-0.3, -0.25) is 10.1 Å². The number of aliphatic hydroxyl groups excluding tert-OH is 1. The van der Waals surface area contributed by atoms with Gasteiger partial charge in [0.1, 0.15) is 0 Å². The predicted molar refractivity (Wildman–Crippen MR) is 76.1 cm³/mol. The van der Waals surface area contributed by atoms with Crippen molar-refractivity contribution in [3.05, 3.63) is 39.9 Å². The molecule has 1 N–H and O–H groups in total. The summed E-state index contributed by atoms with van der Waals surface area (Å²) in [6.45, 7) is 4.24. The molecule has 2 atom stereocenters. The molecule has 0 aromatic heterocycles. The van der Waals surface area contributed by atoms with Crippen molar-refractivity contribution >= 4 is 5.69 Å². The van der Waals surface area contributed by atoms with Crippen LogP contribution in [0.1, 0.15) is 45.1 Å². The molecule has 0 saturated heterocycles. The maximum atomic E-state index is 10.6. The van der Waals surface area contributed by atoms with Crippen LogP contribution < -0.4 is 0 Å². The molecule has 19 heavy (non-hydrogen) atoms. The average Bonchev–Trinajstić information content (AvgIpc) is 2.40. The van der Waals surface area contributed by atoms with Crippen LogP contribution in [0.3, 0.4) is 0 Å². The van der Waals surface area contributed by atoms with Crippen LogP contribution in [0.2, 0.25) is 0 Å². The van der Waals surface area contributed by atoms with Gasteiger partial charge in [-0.05, 0) is 24.3 Å². The van der Waals surface area contributed by atoms with Crippen molar-refractivity contribution < 1.29 is 10.0 Å². The van der Waals surface area contributed by atoms with E-state index >= 15 is 0 Å². The second-order valence-electron chi connectivity index (χ2n) is 5.01. The van der Waals surface area contributed by atoms with Crippen LogP contribution in [0.15, 0.2) is 24.3 Å². The fourth-order valence-electron chi connectivity index (χ4n) is 2.30. The standard InChI is InChI=1S/C15H23NO3/c1-3-5-6-13(4-2)15(17)11-12-7-9-14(10-8-12)16(18)19/h7-10,13,15,17H,3-6,11H2,1-2H3. The summed E-state index contributed by atoms with van der Waals surface area (Å²) in [6.07, 6.45) is 4.49. The Kier molecular flexibility index (Phi) is 6.50. The minimum Gasteiger partial charge on any atom is -0.392 e. The Bertz CT molecular complexity index is 389. The second-order valence-corrected chi connectivity index (χ2v) is 5.01. The lowest BCUT2D eigenvalue weighted by Gasteiger charge is -2.21. The fraction of sp³-hybridized carbons (Fsp3) is 0.600. The molecule has 4 heteroatoms. The normalized spacial score (nSPS) is 14.1. The van der Waals surface area contributed by atoms with Gasteiger partial charge < -0.3 is 5.11 Å². The summed E-state index contributed by atoms with van der Waals surface area (Å²) in [6, 6.07) is 6.45. The minimum absolute atomic E-state index is 0.0938. The number of non-ortho nitro benzene ring substituents is 1. The van der Waals surface area contributed by atoms with E-state index in [2.05, 4.69) is 13.8 Å². The van der Waals surface area contributed by atoms with E-state index in [4.69, 9.17) is 0 Å². The van der Waals surface area contributed by atoms with Crippen molar-refractivity contribution in [1.29, 1.82) is 0 Å². The zero-order valence-electron chi connectivity index (χ0n) is 11.7. The van der Waals surface area contributed by atoms with Gasteiger partial charge in [0.25, 0.3) is 5.69 Å². The van der Waals surface area contributed by atoms with Gasteiger partial charge in [0, 0.05) is 12.1 Å². The summed E-state index contributed by atoms with van der Waals surface area (Å²) >= 11 is 0. The molecule has 0 aliphatic rings. The maximum Gasteiger partial charge on any atom is 0.269 e. The molecule has 0 aliphatic heterocycles. The summed E-state index contributed by atoms with van der Waals surface area (Å²) in [7, 11) is 0. The van der Waals surface area contributed by atoms with Crippen LogP contribution in [0.25, 0.3) is 0 Å². The zero-order chi connectivity index (χ0) is 14.3. The van der Waals surface area contributed by atoms with Gasteiger partial charge in [-0.2, -0.15) is 0 Å². The third-order valence-corrected chi connectivity index (χ3v) is 3.59. The largest absolute Gasteiger partial charge is 0.392 e. The molecule has 0 spiro atoms. The molecule has 0 bridgehead atoms. The first-order valence-corrected chi connectivity index (χ1v) is 6.99. The first-order chi connectivity index (χ1) is 9.08. The molecule has 0 amide bonds. The molecule has 0 saturated carbocycles. The zero-order valence-corrected chi connectivity index (χ0v) is 11.7. The van der Waals surface area contributed by atoms with E-state index in [1.54, 1.807) is 12.1 Å². The second kappa shape index (κ2) is 7.89. The molecule has 0 heterocycles. The number of hydrogen-bond acceptors (Lipinski definition) is 3. The highest BCUT2D eigenvalue weighted by molar-refractivity contribution is 5.33. The third-order valence-electron chi connectivity index (χ3n) is 3.59. The van der Waals surface area contributed by atoms with Crippen LogP contribution in [0, 0.1) is 16.0 Å². The summed E-state index contributed by atoms with van der Waals surface area (Å²) in [4.78, 5) is 10.2. The van der Waals surface area contributed by atoms with E-state index in [1.165, 1.54) is 12.1 Å². The van der Waals surface area contributed by atoms with E-state index in [0.717, 1.165) is 31.2 Å². The highest BCUT2D eigenvalue weighted by Crippen LogP contribution is 2.21. The van der Waals surface area contributed by atoms with Gasteiger partial charge in [-0.15, -0.1) is 0 Å². The van der Waals surface area contributed by atoms with Crippen molar-refractivity contribution in [2.45, 2.75) is 52.1 Å². The summed E-state index contributed by atoms with van der Waals surface area (Å²) in [5.74, 6) is 0.315. The molecule has 0 radical (unpaired) electrons. The van der Waals surface area contributed by atoms with E-state index < -0.39 is 4.92 Å². The van der Waals surface area contributed by atoms with Crippen molar-refractivity contribution in [3.63, 3.8) is 0 Å². The Balaban J connectivity index is 2.59. The summed E-state index contributed by atoms with van der Waals surface area (Å²) in [5, 5.41) is 20.8. The Hall–Kier alpha value is -1.42. The Morgan fingerprint density at radius 3 is 2.37 bits per heavy atom. The number of nitro groups is 1. The van der Waals surface area contributed by atoms with Crippen LogP contribution >= 0.6 is 0 Å².